The summed E-state index contributed by atoms with van der Waals surface area (Å²) in [4.78, 5) is 0. The Morgan fingerprint density at radius 3 is 2.23 bits per heavy atom. The Balaban J connectivity index is 1.10. The molecule has 17 heteroatoms. The molecule has 2 aliphatic heterocycles. The normalized spacial score (nSPS) is 35.4. The number of methoxy groups -OCH3 is 1. The summed E-state index contributed by atoms with van der Waals surface area (Å²) >= 11 is 0. The van der Waals surface area contributed by atoms with Gasteiger partial charge in [0.1, 0.15) is 59.6 Å². The lowest BCUT2D eigenvalue weighted by Crippen LogP contribution is -2.60. The molecule has 0 radical (unpaired) electrons. The van der Waals surface area contributed by atoms with Crippen molar-refractivity contribution in [1.82, 2.24) is 5.32 Å². The van der Waals surface area contributed by atoms with E-state index in [-0.39, 0.29) is 70.7 Å². The largest absolute Gasteiger partial charge is 0.507 e. The SMILES string of the molecule is COc1cccc2c1C(O)c1c(O)c3c(c(O)c1C2O)C[C@@](O)(C(C)O)C[C@@H]3OC1C[C@H](NCc2ccc(OC3O[C@@H](CO)[C@@H](O)[C@H](O)[C@H]3O)cc2)[C@H](O)[C@H](C)O1. The highest BCUT2D eigenvalue weighted by Gasteiger charge is 2.50. The van der Waals surface area contributed by atoms with Gasteiger partial charge in [0, 0.05) is 59.7 Å². The maximum Gasteiger partial charge on any atom is 0.229 e. The first-order valence-corrected chi connectivity index (χ1v) is 18.9. The van der Waals surface area contributed by atoms with Gasteiger partial charge in [0.15, 0.2) is 6.29 Å². The number of phenols is 2. The van der Waals surface area contributed by atoms with Crippen LogP contribution >= 0.6 is 0 Å². The van der Waals surface area contributed by atoms with Crippen LogP contribution in [-0.4, -0.2) is 137 Å². The maximum atomic E-state index is 11.9. The Labute approximate surface area is 327 Å². The van der Waals surface area contributed by atoms with Crippen LogP contribution < -0.4 is 14.8 Å². The standard InChI is InChI=1S/C40H51NO16/c1-16-31(44)22(41-14-18-7-9-19(10-8-18)55-39-38(51)37(50)34(47)25(15-42)57-39)11-26(54-16)56-24-13-40(52,17(2)43)12-21-28(24)36(49)30-29(33(21)46)32(45)20-5-4-6-23(53-3)27(20)35(30)48/h4-10,16-17,22,24-26,31-32,34-35,37-39,41-52H,11-15H2,1-3H3/t16-,17?,22-,24-,25-,26?,31+,32?,34+,35?,37-,38+,39?,40-/m0/s1. The van der Waals surface area contributed by atoms with Crippen molar-refractivity contribution >= 4 is 0 Å². The van der Waals surface area contributed by atoms with Gasteiger partial charge in [0.25, 0.3) is 0 Å². The summed E-state index contributed by atoms with van der Waals surface area (Å²) in [6.07, 6.45) is -15.9. The average Bonchev–Trinajstić information content (AvgIpc) is 3.19. The molecular formula is C40H51NO16. The summed E-state index contributed by atoms with van der Waals surface area (Å²) in [5.74, 6) is -0.391. The Morgan fingerprint density at radius 1 is 0.860 bits per heavy atom. The topological polar surface area (TPSA) is 281 Å². The zero-order chi connectivity index (χ0) is 41.1. The highest BCUT2D eigenvalue weighted by Crippen LogP contribution is 2.57. The molecule has 2 saturated heterocycles. The summed E-state index contributed by atoms with van der Waals surface area (Å²) in [6.45, 7) is 2.72. The number of aliphatic hydroxyl groups is 9. The first-order chi connectivity index (χ1) is 27.1. The van der Waals surface area contributed by atoms with E-state index in [0.29, 0.717) is 0 Å². The molecule has 2 aliphatic carbocycles. The van der Waals surface area contributed by atoms with E-state index in [1.807, 2.05) is 0 Å². The number of rotatable bonds is 10. The van der Waals surface area contributed by atoms with Crippen LogP contribution in [0.25, 0.3) is 0 Å². The zero-order valence-corrected chi connectivity index (χ0v) is 31.5. The minimum absolute atomic E-state index is 0.0287. The van der Waals surface area contributed by atoms with Gasteiger partial charge in [-0.2, -0.15) is 0 Å². The molecule has 0 saturated carbocycles. The van der Waals surface area contributed by atoms with Crippen molar-refractivity contribution in [1.29, 1.82) is 0 Å². The van der Waals surface area contributed by atoms with E-state index >= 15 is 0 Å². The fourth-order valence-electron chi connectivity index (χ4n) is 8.48. The van der Waals surface area contributed by atoms with Crippen molar-refractivity contribution in [2.75, 3.05) is 13.7 Å². The molecule has 2 fully saturated rings. The molecule has 0 amide bonds. The fourth-order valence-corrected chi connectivity index (χ4v) is 8.48. The minimum Gasteiger partial charge on any atom is -0.507 e. The van der Waals surface area contributed by atoms with Gasteiger partial charge >= 0.3 is 0 Å². The van der Waals surface area contributed by atoms with Crippen molar-refractivity contribution in [3.8, 4) is 23.0 Å². The van der Waals surface area contributed by atoms with E-state index in [1.165, 1.54) is 14.0 Å². The molecule has 7 rings (SSSR count). The summed E-state index contributed by atoms with van der Waals surface area (Å²) in [5.41, 5.74) is -0.803. The average molecular weight is 802 g/mol. The summed E-state index contributed by atoms with van der Waals surface area (Å²) in [6, 6.07) is 10.8. The van der Waals surface area contributed by atoms with Gasteiger partial charge in [0.05, 0.1) is 43.7 Å². The molecule has 14 atom stereocenters. The third-order valence-corrected chi connectivity index (χ3v) is 11.8. The van der Waals surface area contributed by atoms with Gasteiger partial charge < -0.3 is 85.2 Å². The Hall–Kier alpha value is -3.66. The number of nitrogens with one attached hydrogen (secondary N) is 1. The predicted molar refractivity (Wildman–Crippen MR) is 196 cm³/mol. The molecule has 312 valence electrons. The predicted octanol–water partition coefficient (Wildman–Crippen LogP) is -0.468. The monoisotopic (exact) mass is 801 g/mol. The summed E-state index contributed by atoms with van der Waals surface area (Å²) < 4.78 is 29.0. The van der Waals surface area contributed by atoms with Crippen LogP contribution in [0.15, 0.2) is 42.5 Å². The smallest absolute Gasteiger partial charge is 0.229 e. The lowest BCUT2D eigenvalue weighted by Gasteiger charge is -2.45. The first-order valence-electron chi connectivity index (χ1n) is 18.9. The highest BCUT2D eigenvalue weighted by molar-refractivity contribution is 5.68. The Morgan fingerprint density at radius 2 is 1.56 bits per heavy atom. The lowest BCUT2D eigenvalue weighted by atomic mass is 9.71. The molecule has 0 aromatic heterocycles. The quantitative estimate of drug-likeness (QED) is 0.116. The highest BCUT2D eigenvalue weighted by atomic mass is 16.7. The number of phenolic OH excluding ortho intramolecular Hbond substituents is 2. The zero-order valence-electron chi connectivity index (χ0n) is 31.5. The lowest BCUT2D eigenvalue weighted by molar-refractivity contribution is -0.277. The van der Waals surface area contributed by atoms with Crippen LogP contribution in [0.4, 0.5) is 0 Å². The Kier molecular flexibility index (Phi) is 11.8. The number of fused-ring (bicyclic) bond motifs is 3. The number of ether oxygens (including phenoxy) is 5. The molecule has 0 bridgehead atoms. The second kappa shape index (κ2) is 16.2. The summed E-state index contributed by atoms with van der Waals surface area (Å²) in [5, 5.41) is 123. The maximum absolute atomic E-state index is 11.9. The number of hydrogen-bond acceptors (Lipinski definition) is 17. The van der Waals surface area contributed by atoms with E-state index in [1.54, 1.807) is 49.4 Å². The number of benzene rings is 3. The van der Waals surface area contributed by atoms with E-state index in [0.717, 1.165) is 5.56 Å². The molecule has 57 heavy (non-hydrogen) atoms. The molecule has 2 heterocycles. The van der Waals surface area contributed by atoms with Crippen LogP contribution in [0.1, 0.15) is 83.9 Å². The molecule has 3 aromatic rings. The van der Waals surface area contributed by atoms with E-state index < -0.39 is 103 Å². The van der Waals surface area contributed by atoms with Crippen molar-refractivity contribution in [2.45, 2.75) is 125 Å². The molecule has 3 aromatic carbocycles. The molecule has 4 aliphatic rings. The van der Waals surface area contributed by atoms with Crippen molar-refractivity contribution in [3.05, 3.63) is 81.4 Å². The van der Waals surface area contributed by atoms with Crippen LogP contribution in [-0.2, 0) is 27.2 Å². The number of hydrogen-bond donors (Lipinski definition) is 12. The van der Waals surface area contributed by atoms with Crippen molar-refractivity contribution in [2.24, 2.45) is 0 Å². The number of aromatic hydroxyl groups is 2. The minimum atomic E-state index is -1.84. The van der Waals surface area contributed by atoms with E-state index in [9.17, 15) is 56.2 Å². The molecule has 12 N–H and O–H groups in total. The third kappa shape index (κ3) is 7.46. The van der Waals surface area contributed by atoms with Gasteiger partial charge in [-0.3, -0.25) is 0 Å². The number of aliphatic hydroxyl groups excluding tert-OH is 8. The molecule has 17 nitrogen and oxygen atoms in total. The van der Waals surface area contributed by atoms with Gasteiger partial charge in [-0.25, -0.2) is 0 Å². The van der Waals surface area contributed by atoms with Crippen molar-refractivity contribution in [3.63, 3.8) is 0 Å². The van der Waals surface area contributed by atoms with Gasteiger partial charge in [0.2, 0.25) is 6.29 Å². The fraction of sp³-hybridized carbons (Fsp3) is 0.550. The third-order valence-electron chi connectivity index (χ3n) is 11.8. The second-order valence-electron chi connectivity index (χ2n) is 15.4. The molecular weight excluding hydrogens is 750 g/mol. The second-order valence-corrected chi connectivity index (χ2v) is 15.4. The van der Waals surface area contributed by atoms with Gasteiger partial charge in [-0.15, -0.1) is 0 Å². The Bertz CT molecular complexity index is 1910. The van der Waals surface area contributed by atoms with Crippen LogP contribution in [0.3, 0.4) is 0 Å². The van der Waals surface area contributed by atoms with Crippen LogP contribution in [0.5, 0.6) is 23.0 Å². The van der Waals surface area contributed by atoms with Crippen molar-refractivity contribution < 1.29 is 79.9 Å². The van der Waals surface area contributed by atoms with E-state index in [2.05, 4.69) is 5.32 Å². The van der Waals surface area contributed by atoms with Gasteiger partial charge in [-0.05, 0) is 43.2 Å². The first kappa shape index (κ1) is 41.5. The van der Waals surface area contributed by atoms with Crippen LogP contribution in [0, 0.1) is 0 Å². The van der Waals surface area contributed by atoms with E-state index in [4.69, 9.17) is 23.7 Å². The van der Waals surface area contributed by atoms with Gasteiger partial charge in [-0.1, -0.05) is 24.3 Å². The summed E-state index contributed by atoms with van der Waals surface area (Å²) in [7, 11) is 1.40. The molecule has 0 spiro atoms. The van der Waals surface area contributed by atoms with Crippen LogP contribution in [0.2, 0.25) is 0 Å². The molecule has 5 unspecified atom stereocenters.